The number of carbonyl (C=O) groups is 1. The molecule has 0 unspecified atom stereocenters. The van der Waals surface area contributed by atoms with Gasteiger partial charge < -0.3 is 0 Å². The van der Waals surface area contributed by atoms with Crippen molar-refractivity contribution in [3.63, 3.8) is 0 Å². The topological polar surface area (TPSA) is 17.1 Å². The third-order valence-electron chi connectivity index (χ3n) is 3.96. The van der Waals surface area contributed by atoms with Crippen molar-refractivity contribution in [2.45, 2.75) is 52.4 Å². The van der Waals surface area contributed by atoms with Gasteiger partial charge in [-0.1, -0.05) is 29.8 Å². The highest BCUT2D eigenvalue weighted by Gasteiger charge is 2.16. The Morgan fingerprint density at radius 3 is 2.56 bits per heavy atom. The number of aryl methyl sites for hydroxylation is 2. The molecule has 0 aromatic heterocycles. The average Bonchev–Trinajstić information content (AvgIpc) is 2.38. The molecule has 0 heterocycles. The predicted molar refractivity (Wildman–Crippen MR) is 75.7 cm³/mol. The number of hydrogen-bond acceptors (Lipinski definition) is 1. The highest BCUT2D eigenvalue weighted by atomic mass is 16.1. The number of benzene rings is 1. The summed E-state index contributed by atoms with van der Waals surface area (Å²) in [7, 11) is 0. The van der Waals surface area contributed by atoms with Gasteiger partial charge in [-0.3, -0.25) is 4.79 Å². The first-order valence-corrected chi connectivity index (χ1v) is 6.95. The molecule has 0 radical (unpaired) electrons. The van der Waals surface area contributed by atoms with Crippen molar-refractivity contribution in [1.82, 2.24) is 0 Å². The summed E-state index contributed by atoms with van der Waals surface area (Å²) < 4.78 is 0. The fourth-order valence-electron chi connectivity index (χ4n) is 2.72. The van der Waals surface area contributed by atoms with Gasteiger partial charge in [-0.2, -0.15) is 0 Å². The van der Waals surface area contributed by atoms with Gasteiger partial charge in [0.05, 0.1) is 0 Å². The maximum atomic E-state index is 12.2. The van der Waals surface area contributed by atoms with Gasteiger partial charge in [-0.25, -0.2) is 0 Å². The molecule has 0 saturated heterocycles. The van der Waals surface area contributed by atoms with Crippen LogP contribution in [0.25, 0.3) is 0 Å². The Labute approximate surface area is 110 Å². The van der Waals surface area contributed by atoms with Crippen LogP contribution >= 0.6 is 0 Å². The molecule has 1 aromatic carbocycles. The summed E-state index contributed by atoms with van der Waals surface area (Å²) >= 11 is 0. The van der Waals surface area contributed by atoms with E-state index in [2.05, 4.69) is 38.1 Å². The Morgan fingerprint density at radius 2 is 1.83 bits per heavy atom. The van der Waals surface area contributed by atoms with Crippen molar-refractivity contribution in [3.05, 3.63) is 46.5 Å². The molecule has 1 nitrogen and oxygen atoms in total. The second kappa shape index (κ2) is 5.99. The molecule has 0 saturated carbocycles. The van der Waals surface area contributed by atoms with E-state index in [0.717, 1.165) is 24.8 Å². The molecule has 1 heteroatoms. The highest BCUT2D eigenvalue weighted by Crippen LogP contribution is 2.26. The Morgan fingerprint density at radius 1 is 1.11 bits per heavy atom. The van der Waals surface area contributed by atoms with Gasteiger partial charge in [0, 0.05) is 6.42 Å². The lowest BCUT2D eigenvalue weighted by molar-refractivity contribution is -0.115. The van der Waals surface area contributed by atoms with Gasteiger partial charge in [0.15, 0.2) is 5.78 Å². The molecule has 0 N–H and O–H groups in total. The van der Waals surface area contributed by atoms with Crippen molar-refractivity contribution >= 4 is 5.78 Å². The van der Waals surface area contributed by atoms with Crippen LogP contribution in [0, 0.1) is 6.92 Å². The summed E-state index contributed by atoms with van der Waals surface area (Å²) in [4.78, 5) is 12.2. The molecule has 1 aliphatic rings. The van der Waals surface area contributed by atoms with Crippen LogP contribution in [0.3, 0.4) is 0 Å². The SMILES string of the molecule is CC1=C(C(=O)CCc2ccccc2C)CCCC1. The van der Waals surface area contributed by atoms with E-state index < -0.39 is 0 Å². The average molecular weight is 242 g/mol. The summed E-state index contributed by atoms with van der Waals surface area (Å²) in [6.07, 6.45) is 6.09. The molecule has 0 atom stereocenters. The van der Waals surface area contributed by atoms with E-state index in [4.69, 9.17) is 0 Å². The van der Waals surface area contributed by atoms with Crippen LogP contribution in [-0.4, -0.2) is 5.78 Å². The second-order valence-electron chi connectivity index (χ2n) is 5.32. The van der Waals surface area contributed by atoms with Crippen LogP contribution in [-0.2, 0) is 11.2 Å². The van der Waals surface area contributed by atoms with E-state index in [1.165, 1.54) is 29.5 Å². The molecule has 0 amide bonds. The summed E-state index contributed by atoms with van der Waals surface area (Å²) in [6, 6.07) is 8.35. The zero-order chi connectivity index (χ0) is 13.0. The lowest BCUT2D eigenvalue weighted by atomic mass is 9.88. The standard InChI is InChI=1S/C17H22O/c1-13-7-3-5-9-15(13)11-12-17(18)16-10-6-4-8-14(16)2/h3,5,7,9H,4,6,8,10-12H2,1-2H3. The monoisotopic (exact) mass is 242 g/mol. The molecule has 0 bridgehead atoms. The largest absolute Gasteiger partial charge is 0.295 e. The van der Waals surface area contributed by atoms with Crippen LogP contribution in [0.15, 0.2) is 35.4 Å². The van der Waals surface area contributed by atoms with Crippen LogP contribution in [0.1, 0.15) is 50.2 Å². The number of Topliss-reactive ketones (excluding diaryl/α,β-unsaturated/α-hetero) is 1. The Kier molecular flexibility index (Phi) is 4.35. The Hall–Kier alpha value is -1.37. The number of hydrogen-bond donors (Lipinski definition) is 0. The summed E-state index contributed by atoms with van der Waals surface area (Å²) in [5, 5.41) is 0. The van der Waals surface area contributed by atoms with E-state index in [0.29, 0.717) is 12.2 Å². The number of allylic oxidation sites excluding steroid dienone is 2. The fraction of sp³-hybridized carbons (Fsp3) is 0.471. The van der Waals surface area contributed by atoms with Gasteiger partial charge in [0.2, 0.25) is 0 Å². The van der Waals surface area contributed by atoms with Gasteiger partial charge in [0.25, 0.3) is 0 Å². The number of carbonyl (C=O) groups excluding carboxylic acids is 1. The fourth-order valence-corrected chi connectivity index (χ4v) is 2.72. The highest BCUT2D eigenvalue weighted by molar-refractivity contribution is 5.96. The normalized spacial score (nSPS) is 15.9. The second-order valence-corrected chi connectivity index (χ2v) is 5.32. The maximum absolute atomic E-state index is 12.2. The Balaban J connectivity index is 1.99. The van der Waals surface area contributed by atoms with Gasteiger partial charge in [-0.15, -0.1) is 0 Å². The summed E-state index contributed by atoms with van der Waals surface area (Å²) in [5.74, 6) is 0.371. The molecule has 1 aliphatic carbocycles. The van der Waals surface area contributed by atoms with Crippen LogP contribution in [0.4, 0.5) is 0 Å². The van der Waals surface area contributed by atoms with E-state index in [1.807, 2.05) is 0 Å². The molecule has 0 spiro atoms. The van der Waals surface area contributed by atoms with Crippen molar-refractivity contribution in [3.8, 4) is 0 Å². The van der Waals surface area contributed by atoms with Gasteiger partial charge in [0.1, 0.15) is 0 Å². The van der Waals surface area contributed by atoms with Crippen LogP contribution in [0.5, 0.6) is 0 Å². The quantitative estimate of drug-likeness (QED) is 0.765. The maximum Gasteiger partial charge on any atom is 0.159 e. The zero-order valence-electron chi connectivity index (χ0n) is 11.5. The predicted octanol–water partition coefficient (Wildman–Crippen LogP) is 4.39. The lowest BCUT2D eigenvalue weighted by Gasteiger charge is -2.16. The summed E-state index contributed by atoms with van der Waals surface area (Å²) in [6.45, 7) is 4.24. The number of ketones is 1. The molecule has 2 rings (SSSR count). The van der Waals surface area contributed by atoms with Gasteiger partial charge in [-0.05, 0) is 62.7 Å². The first-order chi connectivity index (χ1) is 8.68. The van der Waals surface area contributed by atoms with Gasteiger partial charge >= 0.3 is 0 Å². The van der Waals surface area contributed by atoms with Crippen molar-refractivity contribution < 1.29 is 4.79 Å². The molecular weight excluding hydrogens is 220 g/mol. The van der Waals surface area contributed by atoms with Crippen molar-refractivity contribution in [1.29, 1.82) is 0 Å². The Bertz CT molecular complexity index is 468. The third-order valence-corrected chi connectivity index (χ3v) is 3.96. The van der Waals surface area contributed by atoms with Crippen LogP contribution < -0.4 is 0 Å². The number of rotatable bonds is 4. The molecule has 0 fully saturated rings. The first-order valence-electron chi connectivity index (χ1n) is 6.95. The van der Waals surface area contributed by atoms with E-state index in [9.17, 15) is 4.79 Å². The lowest BCUT2D eigenvalue weighted by Crippen LogP contribution is -2.10. The molecule has 1 aromatic rings. The minimum absolute atomic E-state index is 0.371. The minimum atomic E-state index is 0.371. The smallest absolute Gasteiger partial charge is 0.159 e. The zero-order valence-corrected chi connectivity index (χ0v) is 11.5. The first kappa shape index (κ1) is 13.1. The molecule has 18 heavy (non-hydrogen) atoms. The molecule has 96 valence electrons. The third kappa shape index (κ3) is 3.10. The van der Waals surface area contributed by atoms with E-state index in [1.54, 1.807) is 0 Å². The summed E-state index contributed by atoms with van der Waals surface area (Å²) in [5.41, 5.74) is 5.05. The van der Waals surface area contributed by atoms with E-state index in [-0.39, 0.29) is 0 Å². The van der Waals surface area contributed by atoms with E-state index >= 15 is 0 Å². The minimum Gasteiger partial charge on any atom is -0.295 e. The van der Waals surface area contributed by atoms with Crippen molar-refractivity contribution in [2.24, 2.45) is 0 Å². The van der Waals surface area contributed by atoms with Crippen molar-refractivity contribution in [2.75, 3.05) is 0 Å². The molecular formula is C17H22O. The van der Waals surface area contributed by atoms with Crippen LogP contribution in [0.2, 0.25) is 0 Å². The molecule has 0 aliphatic heterocycles.